The second kappa shape index (κ2) is 13.7. The van der Waals surface area contributed by atoms with Crippen LogP contribution in [-0.4, -0.2) is 54.2 Å². The summed E-state index contributed by atoms with van der Waals surface area (Å²) >= 11 is 0. The number of ether oxygens (including phenoxy) is 5. The third-order valence-corrected chi connectivity index (χ3v) is 6.10. The van der Waals surface area contributed by atoms with E-state index in [0.717, 1.165) is 0 Å². The number of rotatable bonds is 8. The fourth-order valence-electron chi connectivity index (χ4n) is 4.44. The lowest BCUT2D eigenvalue weighted by Gasteiger charge is -2.29. The highest BCUT2D eigenvalue weighted by atomic mass is 16.6. The maximum Gasteiger partial charge on any atom is 0.347 e. The molecule has 0 spiro atoms. The van der Waals surface area contributed by atoms with Crippen molar-refractivity contribution in [2.75, 3.05) is 13.2 Å². The molecule has 1 heterocycles. The van der Waals surface area contributed by atoms with Crippen molar-refractivity contribution in [1.29, 1.82) is 0 Å². The predicted molar refractivity (Wildman–Crippen MR) is 160 cm³/mol. The lowest BCUT2D eigenvalue weighted by molar-refractivity contribution is -0.170. The number of carbonyl (C=O) groups is 4. The second-order valence-corrected chi connectivity index (χ2v) is 12.2. The van der Waals surface area contributed by atoms with Gasteiger partial charge < -0.3 is 40.9 Å². The van der Waals surface area contributed by atoms with E-state index in [9.17, 15) is 19.2 Å². The molecule has 1 amide bonds. The number of guanidine groups is 1. The number of para-hydroxylation sites is 1. The van der Waals surface area contributed by atoms with Crippen LogP contribution in [0.15, 0.2) is 41.4 Å². The highest BCUT2D eigenvalue weighted by Gasteiger charge is 2.39. The van der Waals surface area contributed by atoms with E-state index < -0.39 is 53.3 Å². The minimum atomic E-state index is -1.27. The standard InChI is InChI=1S/C31H40N4O9/c1-30(2,3)43-24(36)16-21(28(39)44-31(4,5)6)20(26(32)37)14-17-8-7-9-22-25(17)41-13-12-40-23-15-18(35-29(33)34)10-11-19(23)27(38)42-22/h7-11,15,20-21H,12-14,16H2,1-6H3,(H2,32,37)(H4,33,34,35). The molecule has 2 unspecified atom stereocenters. The van der Waals surface area contributed by atoms with E-state index in [-0.39, 0.29) is 48.4 Å². The smallest absolute Gasteiger partial charge is 0.347 e. The topological polar surface area (TPSA) is 205 Å². The van der Waals surface area contributed by atoms with Crippen LogP contribution in [0.25, 0.3) is 0 Å². The second-order valence-electron chi connectivity index (χ2n) is 12.2. The Bertz CT molecular complexity index is 1440. The summed E-state index contributed by atoms with van der Waals surface area (Å²) < 4.78 is 28.4. The van der Waals surface area contributed by atoms with Crippen molar-refractivity contribution < 1.29 is 42.9 Å². The molecular weight excluding hydrogens is 572 g/mol. The molecule has 0 fully saturated rings. The number of amides is 1. The third kappa shape index (κ3) is 9.61. The van der Waals surface area contributed by atoms with Crippen LogP contribution in [0.5, 0.6) is 17.2 Å². The quantitative estimate of drug-likeness (QED) is 0.171. The molecule has 6 N–H and O–H groups in total. The summed E-state index contributed by atoms with van der Waals surface area (Å²) in [6.07, 6.45) is -0.584. The van der Waals surface area contributed by atoms with E-state index in [4.69, 9.17) is 40.9 Å². The van der Waals surface area contributed by atoms with Gasteiger partial charge in [-0.1, -0.05) is 12.1 Å². The predicted octanol–water partition coefficient (Wildman–Crippen LogP) is 2.92. The largest absolute Gasteiger partial charge is 0.489 e. The first-order valence-electron chi connectivity index (χ1n) is 14.0. The van der Waals surface area contributed by atoms with Crippen molar-refractivity contribution in [2.45, 2.75) is 65.6 Å². The molecule has 3 rings (SSSR count). The fraction of sp³-hybridized carbons (Fsp3) is 0.452. The molecule has 2 atom stereocenters. The van der Waals surface area contributed by atoms with Gasteiger partial charge in [-0.3, -0.25) is 14.4 Å². The summed E-state index contributed by atoms with van der Waals surface area (Å²) in [5, 5.41) is 0. The zero-order valence-electron chi connectivity index (χ0n) is 25.8. The Kier molecular flexibility index (Phi) is 10.5. The number of hydrogen-bond acceptors (Lipinski definition) is 10. The average molecular weight is 613 g/mol. The number of nitrogens with two attached hydrogens (primary N) is 3. The molecular formula is C31H40N4O9. The van der Waals surface area contributed by atoms with Gasteiger partial charge in [-0.05, 0) is 71.7 Å². The summed E-state index contributed by atoms with van der Waals surface area (Å²) in [7, 11) is 0. The van der Waals surface area contributed by atoms with Gasteiger partial charge in [-0.2, -0.15) is 0 Å². The van der Waals surface area contributed by atoms with Gasteiger partial charge in [0.15, 0.2) is 17.5 Å². The highest BCUT2D eigenvalue weighted by molar-refractivity contribution is 5.95. The molecule has 0 saturated heterocycles. The van der Waals surface area contributed by atoms with Gasteiger partial charge in [-0.25, -0.2) is 9.79 Å². The summed E-state index contributed by atoms with van der Waals surface area (Å²) in [5.41, 5.74) is 15.9. The lowest BCUT2D eigenvalue weighted by Crippen LogP contribution is -2.41. The third-order valence-electron chi connectivity index (χ3n) is 6.10. The maximum atomic E-state index is 13.3. The average Bonchev–Trinajstić information content (AvgIpc) is 2.87. The van der Waals surface area contributed by atoms with Crippen molar-refractivity contribution in [3.8, 4) is 17.2 Å². The van der Waals surface area contributed by atoms with Gasteiger partial charge in [0.1, 0.15) is 35.7 Å². The van der Waals surface area contributed by atoms with E-state index in [2.05, 4.69) is 4.99 Å². The molecule has 13 nitrogen and oxygen atoms in total. The van der Waals surface area contributed by atoms with Gasteiger partial charge in [-0.15, -0.1) is 0 Å². The van der Waals surface area contributed by atoms with E-state index in [1.165, 1.54) is 24.3 Å². The first kappa shape index (κ1) is 33.7. The summed E-state index contributed by atoms with van der Waals surface area (Å²) in [6.45, 7) is 10.1. The minimum absolute atomic E-state index is 0.0160. The normalized spacial score (nSPS) is 14.6. The molecule has 1 aliphatic rings. The van der Waals surface area contributed by atoms with Crippen molar-refractivity contribution in [3.63, 3.8) is 0 Å². The zero-order valence-corrected chi connectivity index (χ0v) is 25.8. The Morgan fingerprint density at radius 3 is 2.16 bits per heavy atom. The zero-order chi connectivity index (χ0) is 32.8. The van der Waals surface area contributed by atoms with Crippen molar-refractivity contribution in [2.24, 2.45) is 34.0 Å². The minimum Gasteiger partial charge on any atom is -0.489 e. The number of carbonyl (C=O) groups excluding carboxylic acids is 4. The van der Waals surface area contributed by atoms with E-state index in [0.29, 0.717) is 11.3 Å². The molecule has 0 radical (unpaired) electrons. The number of nitrogens with zero attached hydrogens (tertiary/aromatic N) is 1. The number of aliphatic imine (C=N–C) groups is 1. The first-order chi connectivity index (χ1) is 20.4. The van der Waals surface area contributed by atoms with Crippen molar-refractivity contribution >= 4 is 35.5 Å². The van der Waals surface area contributed by atoms with Gasteiger partial charge in [0.25, 0.3) is 0 Å². The van der Waals surface area contributed by atoms with Crippen LogP contribution >= 0.6 is 0 Å². The van der Waals surface area contributed by atoms with Gasteiger partial charge in [0.05, 0.1) is 23.9 Å². The molecule has 0 aromatic heterocycles. The van der Waals surface area contributed by atoms with Crippen LogP contribution < -0.4 is 31.4 Å². The van der Waals surface area contributed by atoms with Crippen LogP contribution in [0.2, 0.25) is 0 Å². The molecule has 1 aliphatic heterocycles. The molecule has 238 valence electrons. The Hall–Kier alpha value is -4.81. The van der Waals surface area contributed by atoms with Crippen molar-refractivity contribution in [3.05, 3.63) is 47.5 Å². The van der Waals surface area contributed by atoms with Crippen LogP contribution in [0.4, 0.5) is 5.69 Å². The summed E-state index contributed by atoms with van der Waals surface area (Å²) in [6, 6.07) is 9.26. The molecule has 13 heteroatoms. The van der Waals surface area contributed by atoms with Crippen LogP contribution in [0.1, 0.15) is 63.9 Å². The maximum absolute atomic E-state index is 13.3. The van der Waals surface area contributed by atoms with Gasteiger partial charge in [0, 0.05) is 6.07 Å². The first-order valence-corrected chi connectivity index (χ1v) is 14.0. The van der Waals surface area contributed by atoms with Gasteiger partial charge >= 0.3 is 17.9 Å². The van der Waals surface area contributed by atoms with Crippen LogP contribution in [0.3, 0.4) is 0 Å². The number of hydrogen-bond donors (Lipinski definition) is 3. The van der Waals surface area contributed by atoms with E-state index in [1.807, 2.05) is 0 Å². The molecule has 2 aromatic rings. The number of primary amides is 1. The lowest BCUT2D eigenvalue weighted by atomic mass is 9.83. The Balaban J connectivity index is 1.98. The van der Waals surface area contributed by atoms with Crippen LogP contribution in [-0.2, 0) is 30.3 Å². The van der Waals surface area contributed by atoms with Gasteiger partial charge in [0.2, 0.25) is 5.91 Å². The highest BCUT2D eigenvalue weighted by Crippen LogP contribution is 2.37. The monoisotopic (exact) mass is 612 g/mol. The van der Waals surface area contributed by atoms with E-state index in [1.54, 1.807) is 53.7 Å². The number of fused-ring (bicyclic) bond motifs is 2. The molecule has 0 bridgehead atoms. The SMILES string of the molecule is CC(C)(C)OC(=O)CC(C(=O)OC(C)(C)C)C(Cc1cccc2c1OCCOc1cc(N=C(N)N)ccc1C(=O)O2)C(N)=O. The number of benzene rings is 2. The number of esters is 3. The fourth-order valence-corrected chi connectivity index (χ4v) is 4.44. The van der Waals surface area contributed by atoms with Crippen LogP contribution in [0, 0.1) is 11.8 Å². The molecule has 0 aliphatic carbocycles. The summed E-state index contributed by atoms with van der Waals surface area (Å²) in [4.78, 5) is 56.2. The Morgan fingerprint density at radius 2 is 1.55 bits per heavy atom. The van der Waals surface area contributed by atoms with E-state index >= 15 is 0 Å². The Morgan fingerprint density at radius 1 is 0.886 bits per heavy atom. The Labute approximate surface area is 256 Å². The molecule has 44 heavy (non-hydrogen) atoms. The van der Waals surface area contributed by atoms with Crippen molar-refractivity contribution in [1.82, 2.24) is 0 Å². The molecule has 0 saturated carbocycles. The molecule has 2 aromatic carbocycles. The summed E-state index contributed by atoms with van der Waals surface area (Å²) in [5.74, 6) is -5.29.